The number of hydrogen-bond acceptors (Lipinski definition) is 3. The first kappa shape index (κ1) is 12.9. The van der Waals surface area contributed by atoms with Crippen LogP contribution in [0.15, 0.2) is 30.3 Å². The van der Waals surface area contributed by atoms with Gasteiger partial charge in [0.05, 0.1) is 6.26 Å². The smallest absolute Gasteiger partial charge is 0.261 e. The molecule has 14 heavy (non-hydrogen) atoms. The van der Waals surface area contributed by atoms with Gasteiger partial charge in [-0.3, -0.25) is 4.55 Å². The molecule has 5 heteroatoms. The van der Waals surface area contributed by atoms with Crippen LogP contribution in [-0.4, -0.2) is 33.3 Å². The quantitative estimate of drug-likeness (QED) is 0.719. The second-order valence-corrected chi connectivity index (χ2v) is 4.43. The van der Waals surface area contributed by atoms with Crippen molar-refractivity contribution in [1.29, 1.82) is 0 Å². The van der Waals surface area contributed by atoms with E-state index in [9.17, 15) is 8.42 Å². The highest BCUT2D eigenvalue weighted by molar-refractivity contribution is 7.85. The third-order valence-electron chi connectivity index (χ3n) is 1.27. The van der Waals surface area contributed by atoms with Crippen LogP contribution in [-0.2, 0) is 10.1 Å². The van der Waals surface area contributed by atoms with E-state index in [1.807, 2.05) is 32.3 Å². The molecule has 0 bridgehead atoms. The molecule has 1 aromatic carbocycles. The topological polar surface area (TPSA) is 57.6 Å². The minimum atomic E-state index is -3.67. The lowest BCUT2D eigenvalue weighted by molar-refractivity contribution is 0.490. The average Bonchev–Trinajstić information content (AvgIpc) is 2.03. The van der Waals surface area contributed by atoms with Crippen molar-refractivity contribution in [2.45, 2.75) is 0 Å². The van der Waals surface area contributed by atoms with Crippen molar-refractivity contribution in [3.05, 3.63) is 30.3 Å². The van der Waals surface area contributed by atoms with Crippen LogP contribution in [0.3, 0.4) is 0 Å². The van der Waals surface area contributed by atoms with Crippen molar-refractivity contribution < 1.29 is 13.0 Å². The minimum absolute atomic E-state index is 0.715. The van der Waals surface area contributed by atoms with E-state index < -0.39 is 10.1 Å². The summed E-state index contributed by atoms with van der Waals surface area (Å²) in [6.07, 6.45) is 0.715. The number of rotatable bonds is 1. The third kappa shape index (κ3) is 9.02. The number of benzene rings is 1. The molecule has 0 unspecified atom stereocenters. The Kier molecular flexibility index (Phi) is 5.19. The Balaban J connectivity index is 0.000000292. The Labute approximate surface area is 84.9 Å². The van der Waals surface area contributed by atoms with Crippen LogP contribution in [0.2, 0.25) is 0 Å². The van der Waals surface area contributed by atoms with Crippen LogP contribution >= 0.6 is 0 Å². The van der Waals surface area contributed by atoms with Gasteiger partial charge in [-0.25, -0.2) is 0 Å². The van der Waals surface area contributed by atoms with E-state index >= 15 is 0 Å². The van der Waals surface area contributed by atoms with Gasteiger partial charge in [0, 0.05) is 19.8 Å². The van der Waals surface area contributed by atoms with Gasteiger partial charge in [0.1, 0.15) is 0 Å². The maximum absolute atomic E-state index is 9.19. The zero-order valence-electron chi connectivity index (χ0n) is 8.51. The Morgan fingerprint density at radius 1 is 1.14 bits per heavy atom. The van der Waals surface area contributed by atoms with Crippen LogP contribution in [0, 0.1) is 0 Å². The monoisotopic (exact) mass is 217 g/mol. The molecule has 0 spiro atoms. The van der Waals surface area contributed by atoms with E-state index in [2.05, 4.69) is 17.0 Å². The minimum Gasteiger partial charge on any atom is -0.378 e. The number of hydrogen-bond donors (Lipinski definition) is 1. The molecule has 0 radical (unpaired) electrons. The third-order valence-corrected chi connectivity index (χ3v) is 1.27. The maximum atomic E-state index is 9.19. The summed E-state index contributed by atoms with van der Waals surface area (Å²) in [6.45, 7) is 0. The Hall–Kier alpha value is -1.07. The summed E-state index contributed by atoms with van der Waals surface area (Å²) in [6, 6.07) is 10.3. The molecule has 0 atom stereocenters. The molecule has 0 aliphatic carbocycles. The largest absolute Gasteiger partial charge is 0.378 e. The van der Waals surface area contributed by atoms with Crippen molar-refractivity contribution >= 4 is 15.8 Å². The van der Waals surface area contributed by atoms with E-state index in [1.54, 1.807) is 0 Å². The summed E-state index contributed by atoms with van der Waals surface area (Å²) >= 11 is 0. The van der Waals surface area contributed by atoms with Gasteiger partial charge in [-0.1, -0.05) is 18.2 Å². The fourth-order valence-electron chi connectivity index (χ4n) is 0.726. The molecular formula is C9H15NO3S. The van der Waals surface area contributed by atoms with Gasteiger partial charge in [0.15, 0.2) is 0 Å². The van der Waals surface area contributed by atoms with E-state index in [0.717, 1.165) is 0 Å². The highest BCUT2D eigenvalue weighted by Gasteiger charge is 1.87. The molecule has 1 rings (SSSR count). The van der Waals surface area contributed by atoms with E-state index in [4.69, 9.17) is 4.55 Å². The highest BCUT2D eigenvalue weighted by Crippen LogP contribution is 2.07. The average molecular weight is 217 g/mol. The first-order chi connectivity index (χ1) is 6.30. The molecule has 0 aliphatic rings. The highest BCUT2D eigenvalue weighted by atomic mass is 32.2. The van der Waals surface area contributed by atoms with Crippen molar-refractivity contribution in [3.63, 3.8) is 0 Å². The lowest BCUT2D eigenvalue weighted by Crippen LogP contribution is -2.07. The second kappa shape index (κ2) is 5.62. The van der Waals surface area contributed by atoms with Gasteiger partial charge in [0.25, 0.3) is 10.1 Å². The summed E-state index contributed by atoms with van der Waals surface area (Å²) in [5.74, 6) is 0. The molecule has 1 aromatic rings. The van der Waals surface area contributed by atoms with Crippen molar-refractivity contribution in [2.75, 3.05) is 25.3 Å². The van der Waals surface area contributed by atoms with Gasteiger partial charge >= 0.3 is 0 Å². The predicted octanol–water partition coefficient (Wildman–Crippen LogP) is 1.26. The molecule has 80 valence electrons. The van der Waals surface area contributed by atoms with Crippen LogP contribution in [0.4, 0.5) is 5.69 Å². The molecule has 0 fully saturated rings. The zero-order chi connectivity index (χ0) is 11.2. The fourth-order valence-corrected chi connectivity index (χ4v) is 0.726. The SMILES string of the molecule is CN(C)c1ccccc1.CS(=O)(=O)O. The first-order valence-corrected chi connectivity index (χ1v) is 5.80. The molecule has 0 amide bonds. The standard InChI is InChI=1S/C8H11N.CH4O3S/c1-9(2)8-6-4-3-5-7-8;1-5(2,3)4/h3-7H,1-2H3;1H3,(H,2,3,4). The summed E-state index contributed by atoms with van der Waals surface area (Å²) in [7, 11) is 0.407. The Morgan fingerprint density at radius 2 is 1.50 bits per heavy atom. The molecular weight excluding hydrogens is 202 g/mol. The summed E-state index contributed by atoms with van der Waals surface area (Å²) in [5.41, 5.74) is 1.25. The molecule has 4 nitrogen and oxygen atoms in total. The van der Waals surface area contributed by atoms with E-state index in [0.29, 0.717) is 6.26 Å². The van der Waals surface area contributed by atoms with Gasteiger partial charge in [-0.2, -0.15) is 8.42 Å². The van der Waals surface area contributed by atoms with Gasteiger partial charge < -0.3 is 4.90 Å². The van der Waals surface area contributed by atoms with Crippen LogP contribution in [0.1, 0.15) is 0 Å². The van der Waals surface area contributed by atoms with Crippen LogP contribution in [0.25, 0.3) is 0 Å². The Morgan fingerprint density at radius 3 is 1.71 bits per heavy atom. The van der Waals surface area contributed by atoms with Crippen LogP contribution < -0.4 is 4.90 Å². The summed E-state index contributed by atoms with van der Waals surface area (Å²) in [4.78, 5) is 2.08. The van der Waals surface area contributed by atoms with E-state index in [-0.39, 0.29) is 0 Å². The van der Waals surface area contributed by atoms with Crippen LogP contribution in [0.5, 0.6) is 0 Å². The molecule has 0 aromatic heterocycles. The number of para-hydroxylation sites is 1. The molecule has 0 saturated carbocycles. The molecule has 0 aliphatic heterocycles. The normalized spacial score (nSPS) is 10.0. The van der Waals surface area contributed by atoms with Gasteiger partial charge in [-0.05, 0) is 12.1 Å². The first-order valence-electron chi connectivity index (χ1n) is 3.95. The van der Waals surface area contributed by atoms with Crippen molar-refractivity contribution in [1.82, 2.24) is 0 Å². The second-order valence-electron chi connectivity index (χ2n) is 2.96. The van der Waals surface area contributed by atoms with E-state index in [1.165, 1.54) is 5.69 Å². The zero-order valence-corrected chi connectivity index (χ0v) is 9.32. The number of nitrogens with zero attached hydrogens (tertiary/aromatic N) is 1. The molecule has 1 N–H and O–H groups in total. The van der Waals surface area contributed by atoms with Gasteiger partial charge in [0.2, 0.25) is 0 Å². The maximum Gasteiger partial charge on any atom is 0.261 e. The molecule has 0 saturated heterocycles. The number of anilines is 1. The van der Waals surface area contributed by atoms with Gasteiger partial charge in [-0.15, -0.1) is 0 Å². The van der Waals surface area contributed by atoms with Crippen molar-refractivity contribution in [2.24, 2.45) is 0 Å². The van der Waals surface area contributed by atoms with Crippen molar-refractivity contribution in [3.8, 4) is 0 Å². The Bertz CT molecular complexity index is 338. The summed E-state index contributed by atoms with van der Waals surface area (Å²) < 4.78 is 25.9. The summed E-state index contributed by atoms with van der Waals surface area (Å²) in [5, 5.41) is 0. The lowest BCUT2D eigenvalue weighted by Gasteiger charge is -2.10. The molecule has 0 heterocycles. The lowest BCUT2D eigenvalue weighted by atomic mass is 10.3. The fraction of sp³-hybridized carbons (Fsp3) is 0.333. The predicted molar refractivity (Wildman–Crippen MR) is 58.2 cm³/mol.